The predicted octanol–water partition coefficient (Wildman–Crippen LogP) is 2.91. The predicted molar refractivity (Wildman–Crippen MR) is 100 cm³/mol. The molecule has 3 heterocycles. The van der Waals surface area contributed by atoms with Gasteiger partial charge in [-0.05, 0) is 36.6 Å². The SMILES string of the molecule is N#C[C@]1(c2nc3ccccc3c(=O)[nH]2)Cc2ccccc2N2CCC[C@@H]21. The summed E-state index contributed by atoms with van der Waals surface area (Å²) in [6.07, 6.45) is 2.54. The number of aromatic amines is 1. The summed E-state index contributed by atoms with van der Waals surface area (Å²) in [6, 6.07) is 18.2. The Morgan fingerprint density at radius 2 is 2.00 bits per heavy atom. The Kier molecular flexibility index (Phi) is 3.17. The van der Waals surface area contributed by atoms with E-state index in [1.165, 1.54) is 5.69 Å². The highest BCUT2D eigenvalue weighted by molar-refractivity contribution is 5.77. The molecule has 1 aromatic heterocycles. The van der Waals surface area contributed by atoms with Gasteiger partial charge < -0.3 is 9.88 Å². The molecule has 2 aliphatic heterocycles. The molecule has 0 saturated carbocycles. The minimum absolute atomic E-state index is 0.0340. The van der Waals surface area contributed by atoms with Crippen LogP contribution in [0.1, 0.15) is 24.2 Å². The zero-order valence-corrected chi connectivity index (χ0v) is 14.3. The average molecular weight is 342 g/mol. The molecule has 0 bridgehead atoms. The van der Waals surface area contributed by atoms with E-state index < -0.39 is 5.41 Å². The van der Waals surface area contributed by atoms with Gasteiger partial charge in [-0.3, -0.25) is 4.79 Å². The number of H-pyrrole nitrogens is 1. The first kappa shape index (κ1) is 15.2. The molecule has 1 N–H and O–H groups in total. The molecule has 5 rings (SSSR count). The molecule has 0 spiro atoms. The topological polar surface area (TPSA) is 72.8 Å². The highest BCUT2D eigenvalue weighted by Crippen LogP contribution is 2.46. The minimum atomic E-state index is -0.839. The van der Waals surface area contributed by atoms with Gasteiger partial charge in [-0.2, -0.15) is 5.26 Å². The van der Waals surface area contributed by atoms with Gasteiger partial charge in [0, 0.05) is 18.7 Å². The molecule has 3 aromatic rings. The van der Waals surface area contributed by atoms with Gasteiger partial charge in [0.2, 0.25) is 0 Å². The Balaban J connectivity index is 1.76. The Bertz CT molecular complexity index is 1110. The summed E-state index contributed by atoms with van der Waals surface area (Å²) >= 11 is 0. The molecule has 128 valence electrons. The van der Waals surface area contributed by atoms with E-state index in [1.54, 1.807) is 6.07 Å². The van der Waals surface area contributed by atoms with E-state index >= 15 is 0 Å². The monoisotopic (exact) mass is 342 g/mol. The largest absolute Gasteiger partial charge is 0.366 e. The van der Waals surface area contributed by atoms with Gasteiger partial charge >= 0.3 is 0 Å². The maximum absolute atomic E-state index is 12.6. The van der Waals surface area contributed by atoms with Crippen LogP contribution in [0.25, 0.3) is 10.9 Å². The lowest BCUT2D eigenvalue weighted by Gasteiger charge is -2.44. The van der Waals surface area contributed by atoms with Crippen LogP contribution in [0, 0.1) is 11.3 Å². The number of para-hydroxylation sites is 2. The molecule has 1 saturated heterocycles. The first-order valence-electron chi connectivity index (χ1n) is 8.98. The standard InChI is InChI=1S/C21H18N4O/c22-13-21(20-23-16-8-3-2-7-15(16)19(26)24-20)12-14-6-1-4-9-17(14)25-11-5-10-18(21)25/h1-4,6-9,18H,5,10-12H2,(H,23,24,26)/t18-,21-/m1/s1. The molecule has 1 fully saturated rings. The van der Waals surface area contributed by atoms with E-state index in [0.717, 1.165) is 24.9 Å². The number of benzene rings is 2. The van der Waals surface area contributed by atoms with Gasteiger partial charge in [-0.25, -0.2) is 4.98 Å². The fraction of sp³-hybridized carbons (Fsp3) is 0.286. The Labute approximate surface area is 150 Å². The third-order valence-corrected chi connectivity index (χ3v) is 5.83. The molecule has 5 heteroatoms. The van der Waals surface area contributed by atoms with Crippen LogP contribution in [-0.4, -0.2) is 22.6 Å². The number of nitrogens with zero attached hydrogens (tertiary/aromatic N) is 3. The summed E-state index contributed by atoms with van der Waals surface area (Å²) in [4.78, 5) is 22.6. The summed E-state index contributed by atoms with van der Waals surface area (Å²) in [6.45, 7) is 0.933. The molecule has 0 radical (unpaired) electrons. The number of nitrogens with one attached hydrogen (secondary N) is 1. The van der Waals surface area contributed by atoms with Crippen molar-refractivity contribution in [2.75, 3.05) is 11.4 Å². The zero-order valence-electron chi connectivity index (χ0n) is 14.3. The van der Waals surface area contributed by atoms with Crippen molar-refractivity contribution in [2.45, 2.75) is 30.7 Å². The Morgan fingerprint density at radius 1 is 1.19 bits per heavy atom. The van der Waals surface area contributed by atoms with Gasteiger partial charge in [0.15, 0.2) is 0 Å². The zero-order chi connectivity index (χ0) is 17.7. The summed E-state index contributed by atoms with van der Waals surface area (Å²) in [5, 5.41) is 10.9. The van der Waals surface area contributed by atoms with E-state index in [0.29, 0.717) is 23.1 Å². The average Bonchev–Trinajstić information content (AvgIpc) is 3.18. The summed E-state index contributed by atoms with van der Waals surface area (Å²) in [5.41, 5.74) is 1.98. The number of rotatable bonds is 1. The van der Waals surface area contributed by atoms with Crippen LogP contribution in [0.2, 0.25) is 0 Å². The molecule has 0 unspecified atom stereocenters. The van der Waals surface area contributed by atoms with Gasteiger partial charge in [-0.15, -0.1) is 0 Å². The number of hydrogen-bond donors (Lipinski definition) is 1. The second kappa shape index (κ2) is 5.43. The van der Waals surface area contributed by atoms with Crippen LogP contribution in [-0.2, 0) is 11.8 Å². The molecule has 2 atom stereocenters. The van der Waals surface area contributed by atoms with Crippen LogP contribution in [0.3, 0.4) is 0 Å². The van der Waals surface area contributed by atoms with Crippen LogP contribution < -0.4 is 10.5 Å². The second-order valence-electron chi connectivity index (χ2n) is 7.17. The smallest absolute Gasteiger partial charge is 0.258 e. The number of aromatic nitrogens is 2. The van der Waals surface area contributed by atoms with Crippen LogP contribution in [0.15, 0.2) is 53.3 Å². The van der Waals surface area contributed by atoms with Crippen molar-refractivity contribution < 1.29 is 0 Å². The van der Waals surface area contributed by atoms with Crippen LogP contribution >= 0.6 is 0 Å². The van der Waals surface area contributed by atoms with Crippen molar-refractivity contribution >= 4 is 16.6 Å². The van der Waals surface area contributed by atoms with E-state index in [4.69, 9.17) is 4.98 Å². The van der Waals surface area contributed by atoms with Crippen LogP contribution in [0.4, 0.5) is 5.69 Å². The van der Waals surface area contributed by atoms with E-state index in [2.05, 4.69) is 28.1 Å². The minimum Gasteiger partial charge on any atom is -0.366 e. The first-order valence-corrected chi connectivity index (χ1v) is 8.98. The fourth-order valence-corrected chi connectivity index (χ4v) is 4.63. The molecule has 26 heavy (non-hydrogen) atoms. The molecule has 0 aliphatic carbocycles. The van der Waals surface area contributed by atoms with Gasteiger partial charge in [0.1, 0.15) is 11.2 Å². The van der Waals surface area contributed by atoms with Crippen molar-refractivity contribution in [2.24, 2.45) is 0 Å². The third-order valence-electron chi connectivity index (χ3n) is 5.83. The first-order chi connectivity index (χ1) is 12.7. The van der Waals surface area contributed by atoms with Crippen molar-refractivity contribution in [3.63, 3.8) is 0 Å². The quantitative estimate of drug-likeness (QED) is 0.738. The summed E-state index contributed by atoms with van der Waals surface area (Å²) in [5.74, 6) is 0.495. The van der Waals surface area contributed by atoms with Crippen LogP contribution in [0.5, 0.6) is 0 Å². The van der Waals surface area contributed by atoms with Crippen molar-refractivity contribution in [1.82, 2.24) is 9.97 Å². The van der Waals surface area contributed by atoms with Gasteiger partial charge in [0.05, 0.1) is 23.0 Å². The van der Waals surface area contributed by atoms with E-state index in [9.17, 15) is 10.1 Å². The van der Waals surface area contributed by atoms with Crippen molar-refractivity contribution in [3.8, 4) is 6.07 Å². The lowest BCUT2D eigenvalue weighted by atomic mass is 9.71. The number of anilines is 1. The summed E-state index contributed by atoms with van der Waals surface area (Å²) in [7, 11) is 0. The summed E-state index contributed by atoms with van der Waals surface area (Å²) < 4.78 is 0. The Hall–Kier alpha value is -3.13. The van der Waals surface area contributed by atoms with E-state index in [-0.39, 0.29) is 11.6 Å². The number of nitriles is 1. The Morgan fingerprint density at radius 3 is 2.88 bits per heavy atom. The molecule has 5 nitrogen and oxygen atoms in total. The number of fused-ring (bicyclic) bond motifs is 4. The normalized spacial score (nSPS) is 24.1. The van der Waals surface area contributed by atoms with Gasteiger partial charge in [-0.1, -0.05) is 30.3 Å². The molecular weight excluding hydrogens is 324 g/mol. The maximum Gasteiger partial charge on any atom is 0.258 e. The fourth-order valence-electron chi connectivity index (χ4n) is 4.63. The lowest BCUT2D eigenvalue weighted by Crippen LogP contribution is -2.53. The maximum atomic E-state index is 12.6. The molecule has 0 amide bonds. The van der Waals surface area contributed by atoms with Crippen molar-refractivity contribution in [1.29, 1.82) is 5.26 Å². The molecule has 2 aliphatic rings. The molecular formula is C21H18N4O. The van der Waals surface area contributed by atoms with E-state index in [1.807, 2.05) is 30.3 Å². The highest BCUT2D eigenvalue weighted by atomic mass is 16.1. The molecule has 2 aromatic carbocycles. The lowest BCUT2D eigenvalue weighted by molar-refractivity contribution is 0.390. The van der Waals surface area contributed by atoms with Gasteiger partial charge in [0.25, 0.3) is 5.56 Å². The highest BCUT2D eigenvalue weighted by Gasteiger charge is 2.51. The number of hydrogen-bond acceptors (Lipinski definition) is 4. The third kappa shape index (κ3) is 1.96. The second-order valence-corrected chi connectivity index (χ2v) is 7.17. The van der Waals surface area contributed by atoms with Crippen molar-refractivity contribution in [3.05, 3.63) is 70.3 Å².